The highest BCUT2D eigenvalue weighted by Crippen LogP contribution is 2.22. The number of hydrogen-bond acceptors (Lipinski definition) is 3. The largest absolute Gasteiger partial charge is 0.480 e. The molecule has 112 valence electrons. The van der Waals surface area contributed by atoms with Gasteiger partial charge in [-0.05, 0) is 24.6 Å². The molecule has 1 heterocycles. The minimum atomic E-state index is -0.838. The third-order valence-electron chi connectivity index (χ3n) is 3.54. The summed E-state index contributed by atoms with van der Waals surface area (Å²) in [6.45, 7) is 2.61. The summed E-state index contributed by atoms with van der Waals surface area (Å²) >= 11 is 0. The van der Waals surface area contributed by atoms with Gasteiger partial charge < -0.3 is 5.11 Å². The number of carboxylic acids is 1. The number of carboxylic acid groups (broad SMARTS) is 1. The Hall–Kier alpha value is -2.14. The minimum absolute atomic E-state index is 0.543. The maximum Gasteiger partial charge on any atom is 0.325 e. The molecule has 0 aliphatic carbocycles. The van der Waals surface area contributed by atoms with Gasteiger partial charge in [0, 0.05) is 25.4 Å². The van der Waals surface area contributed by atoms with Crippen molar-refractivity contribution < 1.29 is 9.90 Å². The van der Waals surface area contributed by atoms with Gasteiger partial charge in [-0.2, -0.15) is 5.10 Å². The van der Waals surface area contributed by atoms with Gasteiger partial charge >= 0.3 is 5.97 Å². The monoisotopic (exact) mass is 287 g/mol. The second-order valence-corrected chi connectivity index (χ2v) is 5.28. The van der Waals surface area contributed by atoms with Crippen molar-refractivity contribution >= 4 is 5.97 Å². The molecule has 0 saturated carbocycles. The Kier molecular flexibility index (Phi) is 4.75. The lowest BCUT2D eigenvalue weighted by Gasteiger charge is -2.24. The first-order chi connectivity index (χ1) is 10.0. The van der Waals surface area contributed by atoms with Crippen LogP contribution >= 0.6 is 0 Å². The Balaban J connectivity index is 2.23. The lowest BCUT2D eigenvalue weighted by atomic mass is 10.0. The van der Waals surface area contributed by atoms with Crippen LogP contribution in [0.25, 0.3) is 0 Å². The normalized spacial score (nSPS) is 12.6. The fraction of sp³-hybridized carbons (Fsp3) is 0.375. The lowest BCUT2D eigenvalue weighted by Crippen LogP contribution is -2.30. The van der Waals surface area contributed by atoms with Crippen molar-refractivity contribution in [1.29, 1.82) is 0 Å². The molecule has 5 heteroatoms. The fourth-order valence-electron chi connectivity index (χ4n) is 2.50. The Labute approximate surface area is 124 Å². The predicted molar refractivity (Wildman–Crippen MR) is 80.9 cm³/mol. The summed E-state index contributed by atoms with van der Waals surface area (Å²) in [5.74, 6) is -0.838. The van der Waals surface area contributed by atoms with Gasteiger partial charge in [0.25, 0.3) is 0 Å². The molecule has 0 unspecified atom stereocenters. The van der Waals surface area contributed by atoms with Gasteiger partial charge in [0.2, 0.25) is 0 Å². The molecule has 1 atom stereocenters. The van der Waals surface area contributed by atoms with Gasteiger partial charge in [-0.1, -0.05) is 31.2 Å². The van der Waals surface area contributed by atoms with Crippen LogP contribution in [0.2, 0.25) is 0 Å². The van der Waals surface area contributed by atoms with E-state index in [-0.39, 0.29) is 0 Å². The van der Waals surface area contributed by atoms with Crippen molar-refractivity contribution in [3.05, 3.63) is 53.3 Å². The molecule has 5 nitrogen and oxygen atoms in total. The molecular weight excluding hydrogens is 266 g/mol. The Bertz CT molecular complexity index is 621. The molecule has 2 rings (SSSR count). The van der Waals surface area contributed by atoms with Gasteiger partial charge in [0.05, 0.1) is 6.20 Å². The summed E-state index contributed by atoms with van der Waals surface area (Å²) in [5.41, 5.74) is 2.96. The van der Waals surface area contributed by atoms with E-state index in [0.29, 0.717) is 6.54 Å². The van der Waals surface area contributed by atoms with Gasteiger partial charge in [0.15, 0.2) is 0 Å². The highest BCUT2D eigenvalue weighted by molar-refractivity contribution is 5.75. The Morgan fingerprint density at radius 1 is 1.43 bits per heavy atom. The molecule has 0 aliphatic rings. The SMILES string of the molecule is CCc1cccc([C@@H](C(=O)O)N(C)Cc2cnn(C)c2)c1. The van der Waals surface area contributed by atoms with Crippen molar-refractivity contribution in [2.45, 2.75) is 25.9 Å². The predicted octanol–water partition coefficient (Wildman–Crippen LogP) is 2.24. The van der Waals surface area contributed by atoms with Crippen molar-refractivity contribution in [2.75, 3.05) is 7.05 Å². The zero-order valence-corrected chi connectivity index (χ0v) is 12.7. The second kappa shape index (κ2) is 6.54. The van der Waals surface area contributed by atoms with Gasteiger partial charge in [-0.15, -0.1) is 0 Å². The van der Waals surface area contributed by atoms with Crippen LogP contribution in [0.1, 0.15) is 29.7 Å². The van der Waals surface area contributed by atoms with E-state index in [4.69, 9.17) is 0 Å². The molecule has 0 saturated heterocycles. The van der Waals surface area contributed by atoms with Crippen molar-refractivity contribution in [2.24, 2.45) is 7.05 Å². The van der Waals surface area contributed by atoms with Crippen molar-refractivity contribution in [3.8, 4) is 0 Å². The number of aliphatic carboxylic acids is 1. The van der Waals surface area contributed by atoms with Crippen LogP contribution in [0.5, 0.6) is 0 Å². The van der Waals surface area contributed by atoms with Crippen LogP contribution in [0, 0.1) is 0 Å². The summed E-state index contributed by atoms with van der Waals surface area (Å²) in [6.07, 6.45) is 4.56. The average Bonchev–Trinajstić information content (AvgIpc) is 2.84. The molecule has 1 N–H and O–H groups in total. The lowest BCUT2D eigenvalue weighted by molar-refractivity contribution is -0.143. The van der Waals surface area contributed by atoms with Gasteiger partial charge in [-0.25, -0.2) is 0 Å². The first-order valence-corrected chi connectivity index (χ1v) is 7.00. The van der Waals surface area contributed by atoms with Crippen LogP contribution in [-0.2, 0) is 24.8 Å². The molecule has 0 radical (unpaired) electrons. The molecule has 21 heavy (non-hydrogen) atoms. The molecule has 1 aromatic heterocycles. The number of nitrogens with zero attached hydrogens (tertiary/aromatic N) is 3. The van der Waals surface area contributed by atoms with E-state index >= 15 is 0 Å². The van der Waals surface area contributed by atoms with E-state index in [0.717, 1.165) is 23.1 Å². The topological polar surface area (TPSA) is 58.4 Å². The summed E-state index contributed by atoms with van der Waals surface area (Å²) in [5, 5.41) is 13.7. The van der Waals surface area contributed by atoms with E-state index in [9.17, 15) is 9.90 Å². The van der Waals surface area contributed by atoms with E-state index in [2.05, 4.69) is 12.0 Å². The molecule has 0 bridgehead atoms. The number of carbonyl (C=O) groups is 1. The number of benzene rings is 1. The maximum absolute atomic E-state index is 11.7. The Morgan fingerprint density at radius 3 is 2.76 bits per heavy atom. The highest BCUT2D eigenvalue weighted by Gasteiger charge is 2.25. The van der Waals surface area contributed by atoms with Crippen LogP contribution in [0.15, 0.2) is 36.7 Å². The molecule has 2 aromatic rings. The van der Waals surface area contributed by atoms with Crippen LogP contribution in [-0.4, -0.2) is 32.8 Å². The summed E-state index contributed by atoms with van der Waals surface area (Å²) < 4.78 is 1.72. The Morgan fingerprint density at radius 2 is 2.19 bits per heavy atom. The van der Waals surface area contributed by atoms with Crippen molar-refractivity contribution in [1.82, 2.24) is 14.7 Å². The van der Waals surface area contributed by atoms with Crippen molar-refractivity contribution in [3.63, 3.8) is 0 Å². The molecule has 0 aliphatic heterocycles. The van der Waals surface area contributed by atoms with E-state index in [1.165, 1.54) is 0 Å². The zero-order chi connectivity index (χ0) is 15.4. The quantitative estimate of drug-likeness (QED) is 0.885. The van der Waals surface area contributed by atoms with Gasteiger partial charge in [0.1, 0.15) is 6.04 Å². The zero-order valence-electron chi connectivity index (χ0n) is 12.7. The fourth-order valence-corrected chi connectivity index (χ4v) is 2.50. The number of hydrogen-bond donors (Lipinski definition) is 1. The van der Waals surface area contributed by atoms with E-state index in [1.54, 1.807) is 10.9 Å². The van der Waals surface area contributed by atoms with Crippen LogP contribution in [0.4, 0.5) is 0 Å². The molecule has 0 spiro atoms. The minimum Gasteiger partial charge on any atom is -0.480 e. The van der Waals surface area contributed by atoms with E-state index in [1.807, 2.05) is 49.5 Å². The van der Waals surface area contributed by atoms with Gasteiger partial charge in [-0.3, -0.25) is 14.4 Å². The smallest absolute Gasteiger partial charge is 0.325 e. The number of rotatable bonds is 6. The van der Waals surface area contributed by atoms with Crippen LogP contribution < -0.4 is 0 Å². The summed E-state index contributed by atoms with van der Waals surface area (Å²) in [4.78, 5) is 13.5. The highest BCUT2D eigenvalue weighted by atomic mass is 16.4. The molecular formula is C16H21N3O2. The number of likely N-dealkylation sites (N-methyl/N-ethyl adjacent to an activating group) is 1. The average molecular weight is 287 g/mol. The number of aryl methyl sites for hydroxylation is 2. The standard InChI is InChI=1S/C16H21N3O2/c1-4-12-6-5-7-14(8-12)15(16(20)21)18(2)10-13-9-17-19(3)11-13/h5-9,11,15H,4,10H2,1-3H3,(H,20,21)/t15-/m0/s1. The maximum atomic E-state index is 11.7. The third kappa shape index (κ3) is 3.70. The third-order valence-corrected chi connectivity index (χ3v) is 3.54. The summed E-state index contributed by atoms with van der Waals surface area (Å²) in [6, 6.07) is 7.12. The first-order valence-electron chi connectivity index (χ1n) is 7.00. The number of aromatic nitrogens is 2. The van der Waals surface area contributed by atoms with E-state index < -0.39 is 12.0 Å². The molecule has 0 amide bonds. The summed E-state index contributed by atoms with van der Waals surface area (Å²) in [7, 11) is 3.67. The molecule has 0 fully saturated rings. The second-order valence-electron chi connectivity index (χ2n) is 5.28. The van der Waals surface area contributed by atoms with Crippen LogP contribution in [0.3, 0.4) is 0 Å². The first kappa shape index (κ1) is 15.3. The molecule has 1 aromatic carbocycles.